The average Bonchev–Trinajstić information content (AvgIpc) is 3.06. The molecule has 1 aromatic heterocycles. The summed E-state index contributed by atoms with van der Waals surface area (Å²) in [7, 11) is 0. The SMILES string of the molecule is c1ccc(-n2ncc3c2-c2c(ccc4ccccc24)CC3)cc1. The van der Waals surface area contributed by atoms with Gasteiger partial charge in [0.15, 0.2) is 0 Å². The van der Waals surface area contributed by atoms with E-state index in [1.807, 2.05) is 12.3 Å². The fourth-order valence-electron chi connectivity index (χ4n) is 3.67. The van der Waals surface area contributed by atoms with Crippen molar-refractivity contribution in [1.29, 1.82) is 0 Å². The van der Waals surface area contributed by atoms with Gasteiger partial charge < -0.3 is 0 Å². The van der Waals surface area contributed by atoms with E-state index in [2.05, 4.69) is 65.3 Å². The first-order chi connectivity index (χ1) is 11.4. The molecule has 3 aromatic carbocycles. The minimum atomic E-state index is 1.06. The number of rotatable bonds is 1. The zero-order chi connectivity index (χ0) is 15.2. The summed E-state index contributed by atoms with van der Waals surface area (Å²) in [6.07, 6.45) is 4.19. The van der Waals surface area contributed by atoms with Crippen molar-refractivity contribution in [2.24, 2.45) is 0 Å². The molecule has 2 heteroatoms. The number of aryl methyl sites for hydroxylation is 2. The molecule has 2 nitrogen and oxygen atoms in total. The lowest BCUT2D eigenvalue weighted by Crippen LogP contribution is -2.07. The second kappa shape index (κ2) is 4.82. The molecule has 0 saturated heterocycles. The first-order valence-corrected chi connectivity index (χ1v) is 8.05. The Morgan fingerprint density at radius 1 is 0.739 bits per heavy atom. The molecule has 4 aromatic rings. The van der Waals surface area contributed by atoms with Crippen LogP contribution in [0.1, 0.15) is 11.1 Å². The molecular formula is C21H16N2. The van der Waals surface area contributed by atoms with Crippen molar-refractivity contribution in [1.82, 2.24) is 9.78 Å². The summed E-state index contributed by atoms with van der Waals surface area (Å²) in [5.74, 6) is 0. The number of fused-ring (bicyclic) bond motifs is 5. The van der Waals surface area contributed by atoms with Gasteiger partial charge in [-0.1, -0.05) is 54.6 Å². The van der Waals surface area contributed by atoms with Crippen molar-refractivity contribution in [2.45, 2.75) is 12.8 Å². The van der Waals surface area contributed by atoms with E-state index >= 15 is 0 Å². The zero-order valence-corrected chi connectivity index (χ0v) is 12.7. The molecule has 0 amide bonds. The van der Waals surface area contributed by atoms with Gasteiger partial charge in [0.05, 0.1) is 17.6 Å². The number of hydrogen-bond acceptors (Lipinski definition) is 1. The van der Waals surface area contributed by atoms with E-state index in [1.165, 1.54) is 33.2 Å². The van der Waals surface area contributed by atoms with Crippen LogP contribution in [0.4, 0.5) is 0 Å². The fourth-order valence-corrected chi connectivity index (χ4v) is 3.67. The minimum Gasteiger partial charge on any atom is -0.233 e. The van der Waals surface area contributed by atoms with Crippen LogP contribution in [0.5, 0.6) is 0 Å². The topological polar surface area (TPSA) is 17.8 Å². The molecule has 0 aliphatic heterocycles. The quantitative estimate of drug-likeness (QED) is 0.494. The second-order valence-corrected chi connectivity index (χ2v) is 6.09. The Morgan fingerprint density at radius 2 is 1.52 bits per heavy atom. The maximum Gasteiger partial charge on any atom is 0.0782 e. The van der Waals surface area contributed by atoms with Crippen molar-refractivity contribution >= 4 is 10.8 Å². The van der Waals surface area contributed by atoms with Gasteiger partial charge in [0.2, 0.25) is 0 Å². The zero-order valence-electron chi connectivity index (χ0n) is 12.7. The lowest BCUT2D eigenvalue weighted by atomic mass is 9.86. The first kappa shape index (κ1) is 12.7. The predicted molar refractivity (Wildman–Crippen MR) is 93.9 cm³/mol. The average molecular weight is 296 g/mol. The van der Waals surface area contributed by atoms with Crippen molar-refractivity contribution in [3.63, 3.8) is 0 Å². The van der Waals surface area contributed by atoms with E-state index in [-0.39, 0.29) is 0 Å². The van der Waals surface area contributed by atoms with Crippen LogP contribution in [-0.4, -0.2) is 9.78 Å². The van der Waals surface area contributed by atoms with Gasteiger partial charge in [0, 0.05) is 5.56 Å². The van der Waals surface area contributed by atoms with E-state index in [9.17, 15) is 0 Å². The van der Waals surface area contributed by atoms with Gasteiger partial charge in [-0.3, -0.25) is 0 Å². The molecule has 1 aliphatic rings. The summed E-state index contributed by atoms with van der Waals surface area (Å²) in [5, 5.41) is 7.30. The van der Waals surface area contributed by atoms with Crippen LogP contribution in [-0.2, 0) is 12.8 Å². The van der Waals surface area contributed by atoms with Gasteiger partial charge in [-0.05, 0) is 46.9 Å². The molecule has 0 bridgehead atoms. The third-order valence-corrected chi connectivity index (χ3v) is 4.76. The number of benzene rings is 3. The van der Waals surface area contributed by atoms with Gasteiger partial charge in [-0.15, -0.1) is 0 Å². The van der Waals surface area contributed by atoms with E-state index in [4.69, 9.17) is 5.10 Å². The summed E-state index contributed by atoms with van der Waals surface area (Å²) in [6.45, 7) is 0. The lowest BCUT2D eigenvalue weighted by molar-refractivity contribution is 0.878. The summed E-state index contributed by atoms with van der Waals surface area (Å²) in [4.78, 5) is 0. The van der Waals surface area contributed by atoms with Crippen LogP contribution < -0.4 is 0 Å². The molecule has 5 rings (SSSR count). The van der Waals surface area contributed by atoms with E-state index in [0.717, 1.165) is 18.5 Å². The molecule has 0 saturated carbocycles. The van der Waals surface area contributed by atoms with Crippen LogP contribution >= 0.6 is 0 Å². The number of aromatic nitrogens is 2. The molecule has 1 aliphatic carbocycles. The highest BCUT2D eigenvalue weighted by atomic mass is 15.3. The Balaban J connectivity index is 1.87. The van der Waals surface area contributed by atoms with Crippen LogP contribution in [0.3, 0.4) is 0 Å². The maximum atomic E-state index is 4.69. The Hall–Kier alpha value is -2.87. The lowest BCUT2D eigenvalue weighted by Gasteiger charge is -2.20. The van der Waals surface area contributed by atoms with Crippen molar-refractivity contribution in [3.05, 3.63) is 84.1 Å². The normalized spacial score (nSPS) is 12.9. The molecular weight excluding hydrogens is 280 g/mol. The first-order valence-electron chi connectivity index (χ1n) is 8.05. The standard InChI is InChI=1S/C21H16N2/c1-2-7-18(8-3-1)23-21-17(14-22-23)13-12-16-11-10-15-6-4-5-9-19(15)20(16)21/h1-11,14H,12-13H2. The molecule has 0 fully saturated rings. The van der Waals surface area contributed by atoms with Crippen LogP contribution in [0.25, 0.3) is 27.7 Å². The highest BCUT2D eigenvalue weighted by Crippen LogP contribution is 2.39. The van der Waals surface area contributed by atoms with Gasteiger partial charge in [-0.2, -0.15) is 5.10 Å². The molecule has 110 valence electrons. The third-order valence-electron chi connectivity index (χ3n) is 4.76. The fraction of sp³-hybridized carbons (Fsp3) is 0.0952. The van der Waals surface area contributed by atoms with E-state index < -0.39 is 0 Å². The van der Waals surface area contributed by atoms with Gasteiger partial charge in [0.25, 0.3) is 0 Å². The predicted octanol–water partition coefficient (Wildman–Crippen LogP) is 4.79. The Morgan fingerprint density at radius 3 is 2.43 bits per heavy atom. The molecule has 23 heavy (non-hydrogen) atoms. The van der Waals surface area contributed by atoms with Crippen LogP contribution in [0.15, 0.2) is 72.9 Å². The van der Waals surface area contributed by atoms with Crippen LogP contribution in [0.2, 0.25) is 0 Å². The highest BCUT2D eigenvalue weighted by Gasteiger charge is 2.23. The summed E-state index contributed by atoms with van der Waals surface area (Å²) < 4.78 is 2.10. The molecule has 0 N–H and O–H groups in total. The van der Waals surface area contributed by atoms with E-state index in [0.29, 0.717) is 0 Å². The number of hydrogen-bond donors (Lipinski definition) is 0. The smallest absolute Gasteiger partial charge is 0.0782 e. The largest absolute Gasteiger partial charge is 0.233 e. The minimum absolute atomic E-state index is 1.06. The third kappa shape index (κ3) is 1.85. The Bertz CT molecular complexity index is 1010. The van der Waals surface area contributed by atoms with Gasteiger partial charge in [0.1, 0.15) is 0 Å². The number of nitrogens with zero attached hydrogens (tertiary/aromatic N) is 2. The second-order valence-electron chi connectivity index (χ2n) is 6.09. The van der Waals surface area contributed by atoms with Crippen LogP contribution in [0, 0.1) is 0 Å². The molecule has 0 radical (unpaired) electrons. The number of para-hydroxylation sites is 1. The van der Waals surface area contributed by atoms with E-state index in [1.54, 1.807) is 0 Å². The molecule has 0 spiro atoms. The van der Waals surface area contributed by atoms with Gasteiger partial charge >= 0.3 is 0 Å². The van der Waals surface area contributed by atoms with Crippen molar-refractivity contribution < 1.29 is 0 Å². The highest BCUT2D eigenvalue weighted by molar-refractivity contribution is 5.99. The Kier molecular flexibility index (Phi) is 2.65. The molecule has 0 atom stereocenters. The summed E-state index contributed by atoms with van der Waals surface area (Å²) in [5.41, 5.74) is 6.50. The Labute approximate surface area is 135 Å². The van der Waals surface area contributed by atoms with Gasteiger partial charge in [-0.25, -0.2) is 4.68 Å². The molecule has 0 unspecified atom stereocenters. The summed E-state index contributed by atoms with van der Waals surface area (Å²) >= 11 is 0. The maximum absolute atomic E-state index is 4.69. The van der Waals surface area contributed by atoms with Crippen molar-refractivity contribution in [2.75, 3.05) is 0 Å². The monoisotopic (exact) mass is 296 g/mol. The molecule has 1 heterocycles. The van der Waals surface area contributed by atoms with Crippen molar-refractivity contribution in [3.8, 4) is 16.9 Å². The summed E-state index contributed by atoms with van der Waals surface area (Å²) in [6, 6.07) is 23.6.